The molecule has 0 bridgehead atoms. The molecule has 0 aliphatic heterocycles. The molecule has 4 heteroatoms. The van der Waals surface area contributed by atoms with E-state index in [1.54, 1.807) is 0 Å². The molecule has 0 heterocycles. The molecule has 0 aliphatic rings. The van der Waals surface area contributed by atoms with Crippen LogP contribution in [-0.4, -0.2) is 57.6 Å². The van der Waals surface area contributed by atoms with Gasteiger partial charge in [-0.1, -0.05) is 6.92 Å². The molecule has 78 valence electrons. The summed E-state index contributed by atoms with van der Waals surface area (Å²) in [5, 5.41) is 3.17. The molecular formula is C9H20N2O2. The van der Waals surface area contributed by atoms with Crippen LogP contribution in [0.2, 0.25) is 0 Å². The highest BCUT2D eigenvalue weighted by molar-refractivity contribution is 5.51. The number of aldehydes is 1. The highest BCUT2D eigenvalue weighted by Crippen LogP contribution is 1.80. The molecule has 1 N–H and O–H groups in total. The van der Waals surface area contributed by atoms with Crippen molar-refractivity contribution in [2.24, 2.45) is 0 Å². The zero-order valence-corrected chi connectivity index (χ0v) is 8.58. The first kappa shape index (κ1) is 12.6. The second-order valence-electron chi connectivity index (χ2n) is 2.89. The average molecular weight is 188 g/mol. The monoisotopic (exact) mass is 188 g/mol. The quantitative estimate of drug-likeness (QED) is 0.400. The minimum atomic E-state index is 0.483. The lowest BCUT2D eigenvalue weighted by Crippen LogP contribution is -2.26. The van der Waals surface area contributed by atoms with Crippen molar-refractivity contribution in [3.8, 4) is 0 Å². The van der Waals surface area contributed by atoms with Crippen LogP contribution in [0.4, 0.5) is 0 Å². The van der Waals surface area contributed by atoms with Gasteiger partial charge in [0.05, 0.1) is 19.8 Å². The molecule has 4 nitrogen and oxygen atoms in total. The van der Waals surface area contributed by atoms with E-state index >= 15 is 0 Å². The molecule has 0 saturated heterocycles. The number of carbonyl (C=O) groups is 1. The van der Waals surface area contributed by atoms with Crippen LogP contribution >= 0.6 is 0 Å². The van der Waals surface area contributed by atoms with Crippen molar-refractivity contribution in [2.75, 3.05) is 46.4 Å². The van der Waals surface area contributed by atoms with Crippen molar-refractivity contribution in [1.82, 2.24) is 10.2 Å². The number of nitrogens with one attached hydrogen (secondary N) is 1. The largest absolute Gasteiger partial charge is 0.379 e. The summed E-state index contributed by atoms with van der Waals surface area (Å²) in [6.07, 6.45) is 0.901. The number of hydrogen-bond donors (Lipinski definition) is 1. The topological polar surface area (TPSA) is 41.6 Å². The number of hydrogen-bond acceptors (Lipinski definition) is 4. The van der Waals surface area contributed by atoms with Gasteiger partial charge in [0.15, 0.2) is 0 Å². The highest BCUT2D eigenvalue weighted by Gasteiger charge is 1.95. The van der Waals surface area contributed by atoms with Gasteiger partial charge in [0.1, 0.15) is 6.29 Å². The van der Waals surface area contributed by atoms with Gasteiger partial charge in [-0.3, -0.25) is 4.90 Å². The summed E-state index contributed by atoms with van der Waals surface area (Å²) in [5.41, 5.74) is 0. The fourth-order valence-corrected chi connectivity index (χ4v) is 0.862. The predicted octanol–water partition coefficient (Wildman–Crippen LogP) is -0.257. The van der Waals surface area contributed by atoms with Crippen molar-refractivity contribution >= 4 is 6.29 Å². The molecule has 0 unspecified atom stereocenters. The summed E-state index contributed by atoms with van der Waals surface area (Å²) in [6.45, 7) is 6.67. The van der Waals surface area contributed by atoms with Crippen LogP contribution in [0.1, 0.15) is 6.92 Å². The Kier molecular flexibility index (Phi) is 9.30. The normalized spacial score (nSPS) is 10.7. The smallest absolute Gasteiger partial charge is 0.133 e. The Bertz CT molecular complexity index is 120. The first-order valence-corrected chi connectivity index (χ1v) is 4.72. The van der Waals surface area contributed by atoms with Crippen LogP contribution in [-0.2, 0) is 9.53 Å². The Hall–Kier alpha value is -0.450. The Morgan fingerprint density at radius 1 is 1.46 bits per heavy atom. The minimum absolute atomic E-state index is 0.483. The molecule has 0 aromatic heterocycles. The minimum Gasteiger partial charge on any atom is -0.379 e. The maximum atomic E-state index is 10.1. The maximum absolute atomic E-state index is 10.1. The van der Waals surface area contributed by atoms with E-state index in [0.29, 0.717) is 13.2 Å². The van der Waals surface area contributed by atoms with E-state index < -0.39 is 0 Å². The fourth-order valence-electron chi connectivity index (χ4n) is 0.862. The van der Waals surface area contributed by atoms with Crippen LogP contribution in [0, 0.1) is 0 Å². The van der Waals surface area contributed by atoms with E-state index in [1.165, 1.54) is 0 Å². The van der Waals surface area contributed by atoms with E-state index in [4.69, 9.17) is 4.74 Å². The van der Waals surface area contributed by atoms with Crippen LogP contribution in [0.25, 0.3) is 0 Å². The molecule has 0 fully saturated rings. The third-order valence-electron chi connectivity index (χ3n) is 1.68. The van der Waals surface area contributed by atoms with Gasteiger partial charge >= 0.3 is 0 Å². The van der Waals surface area contributed by atoms with Crippen molar-refractivity contribution in [1.29, 1.82) is 0 Å². The molecule has 0 aromatic rings. The summed E-state index contributed by atoms with van der Waals surface area (Å²) < 4.78 is 5.33. The van der Waals surface area contributed by atoms with Crippen LogP contribution < -0.4 is 5.32 Å². The Morgan fingerprint density at radius 2 is 2.23 bits per heavy atom. The Labute approximate surface area is 80.2 Å². The third-order valence-corrected chi connectivity index (χ3v) is 1.68. The first-order valence-electron chi connectivity index (χ1n) is 4.72. The van der Waals surface area contributed by atoms with Gasteiger partial charge in [-0.2, -0.15) is 0 Å². The third kappa shape index (κ3) is 9.46. The maximum Gasteiger partial charge on any atom is 0.133 e. The zero-order chi connectivity index (χ0) is 9.94. The summed E-state index contributed by atoms with van der Waals surface area (Å²) in [5.74, 6) is 0. The van der Waals surface area contributed by atoms with Gasteiger partial charge in [0.2, 0.25) is 0 Å². The molecule has 0 saturated carbocycles. The fraction of sp³-hybridized carbons (Fsp3) is 0.889. The standard InChI is InChI=1S/C9H20N2O2/c1-3-10-4-8-13-9-6-11(2)5-7-12/h7,10H,3-6,8-9H2,1-2H3. The molecule has 0 spiro atoms. The number of nitrogens with zero attached hydrogens (tertiary/aromatic N) is 1. The van der Waals surface area contributed by atoms with Gasteiger partial charge in [0.25, 0.3) is 0 Å². The zero-order valence-electron chi connectivity index (χ0n) is 8.58. The van der Waals surface area contributed by atoms with E-state index in [-0.39, 0.29) is 0 Å². The second kappa shape index (κ2) is 9.64. The lowest BCUT2D eigenvalue weighted by Gasteiger charge is -2.12. The molecular weight excluding hydrogens is 168 g/mol. The summed E-state index contributed by atoms with van der Waals surface area (Å²) >= 11 is 0. The lowest BCUT2D eigenvalue weighted by atomic mass is 10.5. The highest BCUT2D eigenvalue weighted by atomic mass is 16.5. The van der Waals surface area contributed by atoms with Gasteiger partial charge in [-0.05, 0) is 13.6 Å². The molecule has 0 rings (SSSR count). The predicted molar refractivity (Wildman–Crippen MR) is 52.9 cm³/mol. The van der Waals surface area contributed by atoms with Gasteiger partial charge in [-0.15, -0.1) is 0 Å². The number of carbonyl (C=O) groups excluding carboxylic acids is 1. The van der Waals surface area contributed by atoms with Gasteiger partial charge in [0, 0.05) is 13.1 Å². The summed E-state index contributed by atoms with van der Waals surface area (Å²) in [7, 11) is 1.90. The number of rotatable bonds is 9. The van der Waals surface area contributed by atoms with Crippen molar-refractivity contribution in [3.05, 3.63) is 0 Å². The van der Waals surface area contributed by atoms with Crippen LogP contribution in [0.15, 0.2) is 0 Å². The van der Waals surface area contributed by atoms with Gasteiger partial charge in [-0.25, -0.2) is 0 Å². The van der Waals surface area contributed by atoms with E-state index in [2.05, 4.69) is 12.2 Å². The lowest BCUT2D eigenvalue weighted by molar-refractivity contribution is -0.108. The SMILES string of the molecule is CCNCCOCCN(C)CC=O. The van der Waals surface area contributed by atoms with Crippen molar-refractivity contribution < 1.29 is 9.53 Å². The summed E-state index contributed by atoms with van der Waals surface area (Å²) in [4.78, 5) is 12.0. The van der Waals surface area contributed by atoms with E-state index in [1.807, 2.05) is 11.9 Å². The van der Waals surface area contributed by atoms with Crippen molar-refractivity contribution in [2.45, 2.75) is 6.92 Å². The molecule has 0 amide bonds. The van der Waals surface area contributed by atoms with Gasteiger partial charge < -0.3 is 14.8 Å². The van der Waals surface area contributed by atoms with E-state index in [9.17, 15) is 4.79 Å². The Balaban J connectivity index is 3.01. The molecule has 0 aliphatic carbocycles. The van der Waals surface area contributed by atoms with Crippen LogP contribution in [0.3, 0.4) is 0 Å². The number of ether oxygens (including phenoxy) is 1. The molecule has 13 heavy (non-hydrogen) atoms. The summed E-state index contributed by atoms with van der Waals surface area (Å²) in [6, 6.07) is 0. The molecule has 0 aromatic carbocycles. The van der Waals surface area contributed by atoms with Crippen molar-refractivity contribution in [3.63, 3.8) is 0 Å². The molecule has 0 atom stereocenters. The first-order chi connectivity index (χ1) is 6.31. The molecule has 0 radical (unpaired) electrons. The van der Waals surface area contributed by atoms with E-state index in [0.717, 1.165) is 32.5 Å². The Morgan fingerprint density at radius 3 is 2.85 bits per heavy atom. The van der Waals surface area contributed by atoms with Crippen LogP contribution in [0.5, 0.6) is 0 Å². The second-order valence-corrected chi connectivity index (χ2v) is 2.89. The number of likely N-dealkylation sites (N-methyl/N-ethyl adjacent to an activating group) is 2. The average Bonchev–Trinajstić information content (AvgIpc) is 2.11.